The molecule has 0 aliphatic rings. The Bertz CT molecular complexity index is 205. The number of carbonyl (C=O) groups excluding carboxylic acids is 2. The summed E-state index contributed by atoms with van der Waals surface area (Å²) in [6, 6.07) is 0. The van der Waals surface area contributed by atoms with Crippen LogP contribution in [0.25, 0.3) is 0 Å². The second-order valence-electron chi connectivity index (χ2n) is 4.37. The number of rotatable bonds is 7. The smallest absolute Gasteiger partial charge is 0.241 e. The van der Waals surface area contributed by atoms with Crippen LogP contribution in [0.15, 0.2) is 0 Å². The monoisotopic (exact) mass is 214 g/mol. The third kappa shape index (κ3) is 6.94. The molecule has 2 amide bonds. The predicted octanol–water partition coefficient (Wildman–Crippen LogP) is 0.969. The number of nitrogens with zero attached hydrogens (tertiary/aromatic N) is 2. The minimum absolute atomic E-state index is 0.00615. The van der Waals surface area contributed by atoms with Crippen molar-refractivity contribution in [1.29, 1.82) is 0 Å². The third-order valence-corrected chi connectivity index (χ3v) is 2.27. The van der Waals surface area contributed by atoms with Gasteiger partial charge in [-0.2, -0.15) is 0 Å². The molecular weight excluding hydrogens is 192 g/mol. The predicted molar refractivity (Wildman–Crippen MR) is 60.4 cm³/mol. The van der Waals surface area contributed by atoms with E-state index in [4.69, 9.17) is 0 Å². The first-order valence-corrected chi connectivity index (χ1v) is 5.37. The van der Waals surface area contributed by atoms with E-state index >= 15 is 0 Å². The lowest BCUT2D eigenvalue weighted by Crippen LogP contribution is -2.36. The fourth-order valence-electron chi connectivity index (χ4n) is 1.23. The molecule has 0 atom stereocenters. The van der Waals surface area contributed by atoms with Gasteiger partial charge in [-0.25, -0.2) is 0 Å². The fraction of sp³-hybridized carbons (Fsp3) is 0.818. The van der Waals surface area contributed by atoms with Crippen molar-refractivity contribution in [3.8, 4) is 0 Å². The molecular formula is C11H22N2O2. The summed E-state index contributed by atoms with van der Waals surface area (Å²) in [7, 11) is 3.38. The topological polar surface area (TPSA) is 40.6 Å². The average Bonchev–Trinajstić information content (AvgIpc) is 2.16. The second kappa shape index (κ2) is 7.26. The molecule has 15 heavy (non-hydrogen) atoms. The highest BCUT2D eigenvalue weighted by molar-refractivity contribution is 5.79. The molecule has 0 aliphatic carbocycles. The molecule has 0 aliphatic heterocycles. The highest BCUT2D eigenvalue weighted by Gasteiger charge is 2.10. The third-order valence-electron chi connectivity index (χ3n) is 2.27. The quantitative estimate of drug-likeness (QED) is 0.592. The molecule has 0 saturated heterocycles. The van der Waals surface area contributed by atoms with E-state index in [9.17, 15) is 9.59 Å². The zero-order valence-electron chi connectivity index (χ0n) is 10.2. The van der Waals surface area contributed by atoms with E-state index in [1.165, 1.54) is 4.90 Å². The Hall–Kier alpha value is -1.06. The van der Waals surface area contributed by atoms with E-state index in [-0.39, 0.29) is 12.5 Å². The van der Waals surface area contributed by atoms with Crippen molar-refractivity contribution in [2.75, 3.05) is 27.2 Å². The highest BCUT2D eigenvalue weighted by Crippen LogP contribution is 2.04. The molecule has 4 nitrogen and oxygen atoms in total. The van der Waals surface area contributed by atoms with Crippen LogP contribution in [0, 0.1) is 5.92 Å². The van der Waals surface area contributed by atoms with Crippen LogP contribution in [0.2, 0.25) is 0 Å². The van der Waals surface area contributed by atoms with Crippen LogP contribution in [0.4, 0.5) is 0 Å². The van der Waals surface area contributed by atoms with Crippen molar-refractivity contribution in [2.24, 2.45) is 5.92 Å². The molecule has 0 heterocycles. The van der Waals surface area contributed by atoms with Gasteiger partial charge < -0.3 is 9.80 Å². The van der Waals surface area contributed by atoms with Gasteiger partial charge in [0.15, 0.2) is 0 Å². The number of amides is 2. The van der Waals surface area contributed by atoms with Crippen LogP contribution in [0.1, 0.15) is 26.7 Å². The number of carbonyl (C=O) groups is 2. The van der Waals surface area contributed by atoms with Crippen LogP contribution >= 0.6 is 0 Å². The molecule has 0 rings (SSSR count). The molecule has 0 saturated carbocycles. The zero-order valence-corrected chi connectivity index (χ0v) is 10.2. The van der Waals surface area contributed by atoms with Crippen molar-refractivity contribution in [2.45, 2.75) is 26.7 Å². The molecule has 0 N–H and O–H groups in total. The fourth-order valence-corrected chi connectivity index (χ4v) is 1.23. The van der Waals surface area contributed by atoms with Gasteiger partial charge in [0, 0.05) is 20.6 Å². The summed E-state index contributed by atoms with van der Waals surface area (Å²) in [5, 5.41) is 0. The Balaban J connectivity index is 3.74. The lowest BCUT2D eigenvalue weighted by molar-refractivity contribution is -0.133. The van der Waals surface area contributed by atoms with E-state index in [0.717, 1.165) is 19.4 Å². The number of hydrogen-bond acceptors (Lipinski definition) is 2. The minimum Gasteiger partial charge on any atom is -0.344 e. The van der Waals surface area contributed by atoms with Crippen LogP contribution in [0.5, 0.6) is 0 Å². The first-order valence-electron chi connectivity index (χ1n) is 5.37. The number of likely N-dealkylation sites (N-methyl/N-ethyl adjacent to an activating group) is 2. The van der Waals surface area contributed by atoms with E-state index in [0.29, 0.717) is 12.3 Å². The maximum atomic E-state index is 11.5. The van der Waals surface area contributed by atoms with Gasteiger partial charge in [0.1, 0.15) is 0 Å². The Morgan fingerprint density at radius 2 is 1.93 bits per heavy atom. The van der Waals surface area contributed by atoms with Gasteiger partial charge in [0.25, 0.3) is 0 Å². The molecule has 88 valence electrons. The van der Waals surface area contributed by atoms with Gasteiger partial charge in [-0.3, -0.25) is 9.59 Å². The summed E-state index contributed by atoms with van der Waals surface area (Å²) in [6.45, 7) is 5.27. The van der Waals surface area contributed by atoms with Crippen molar-refractivity contribution in [3.63, 3.8) is 0 Å². The van der Waals surface area contributed by atoms with Gasteiger partial charge in [-0.1, -0.05) is 13.8 Å². The summed E-state index contributed by atoms with van der Waals surface area (Å²) < 4.78 is 0. The Kier molecular flexibility index (Phi) is 6.75. The molecule has 0 aromatic carbocycles. The van der Waals surface area contributed by atoms with Crippen LogP contribution in [-0.2, 0) is 9.59 Å². The van der Waals surface area contributed by atoms with Crippen LogP contribution < -0.4 is 0 Å². The first-order chi connectivity index (χ1) is 6.97. The van der Waals surface area contributed by atoms with E-state index in [1.807, 2.05) is 0 Å². The summed E-state index contributed by atoms with van der Waals surface area (Å²) in [6.07, 6.45) is 2.81. The molecule has 0 radical (unpaired) electrons. The van der Waals surface area contributed by atoms with Crippen molar-refractivity contribution < 1.29 is 9.59 Å². The first kappa shape index (κ1) is 13.9. The molecule has 0 bridgehead atoms. The Morgan fingerprint density at radius 1 is 1.33 bits per heavy atom. The van der Waals surface area contributed by atoms with Crippen LogP contribution in [-0.4, -0.2) is 49.3 Å². The average molecular weight is 214 g/mol. The van der Waals surface area contributed by atoms with Crippen molar-refractivity contribution in [3.05, 3.63) is 0 Å². The number of hydrogen-bond donors (Lipinski definition) is 0. The molecule has 0 spiro atoms. The van der Waals surface area contributed by atoms with Gasteiger partial charge in [0.2, 0.25) is 12.3 Å². The summed E-state index contributed by atoms with van der Waals surface area (Å²) in [4.78, 5) is 24.9. The lowest BCUT2D eigenvalue weighted by Gasteiger charge is -2.19. The molecule has 0 fully saturated rings. The molecule has 0 unspecified atom stereocenters. The normalized spacial score (nSPS) is 10.2. The van der Waals surface area contributed by atoms with Crippen LogP contribution in [0.3, 0.4) is 0 Å². The standard InChI is InChI=1S/C11H22N2O2/c1-10(2)6-5-7-13(4)11(15)8-12(3)9-14/h9-10H,5-8H2,1-4H3. The maximum Gasteiger partial charge on any atom is 0.241 e. The van der Waals surface area contributed by atoms with Crippen molar-refractivity contribution in [1.82, 2.24) is 9.80 Å². The summed E-state index contributed by atoms with van der Waals surface area (Å²) >= 11 is 0. The van der Waals surface area contributed by atoms with Gasteiger partial charge in [0.05, 0.1) is 6.54 Å². The van der Waals surface area contributed by atoms with Gasteiger partial charge >= 0.3 is 0 Å². The SMILES string of the molecule is CC(C)CCCN(C)C(=O)CN(C)C=O. The van der Waals surface area contributed by atoms with E-state index in [1.54, 1.807) is 19.0 Å². The zero-order chi connectivity index (χ0) is 11.8. The van der Waals surface area contributed by atoms with Gasteiger partial charge in [-0.05, 0) is 18.8 Å². The lowest BCUT2D eigenvalue weighted by atomic mass is 10.1. The minimum atomic E-state index is -0.00615. The van der Waals surface area contributed by atoms with Gasteiger partial charge in [-0.15, -0.1) is 0 Å². The van der Waals surface area contributed by atoms with E-state index < -0.39 is 0 Å². The molecule has 0 aromatic rings. The Labute approximate surface area is 92.2 Å². The molecule has 4 heteroatoms. The summed E-state index contributed by atoms with van der Waals surface area (Å²) in [5.41, 5.74) is 0. The van der Waals surface area contributed by atoms with Crippen molar-refractivity contribution >= 4 is 12.3 Å². The van der Waals surface area contributed by atoms with E-state index in [2.05, 4.69) is 13.8 Å². The largest absolute Gasteiger partial charge is 0.344 e. The Morgan fingerprint density at radius 3 is 2.40 bits per heavy atom. The summed E-state index contributed by atoms with van der Waals surface area (Å²) in [5.74, 6) is 0.666. The maximum absolute atomic E-state index is 11.5. The second-order valence-corrected chi connectivity index (χ2v) is 4.37. The highest BCUT2D eigenvalue weighted by atomic mass is 16.2. The molecule has 0 aromatic heterocycles.